The first kappa shape index (κ1) is 121. The first-order chi connectivity index (χ1) is 68.5. The Balaban J connectivity index is 1.28. The minimum atomic E-state index is -1.84. The van der Waals surface area contributed by atoms with Gasteiger partial charge in [0.25, 0.3) is 0 Å². The van der Waals surface area contributed by atoms with Gasteiger partial charge in [-0.1, -0.05) is 110 Å². The van der Waals surface area contributed by atoms with Crippen LogP contribution in [0.25, 0.3) is 10.9 Å². The molecule has 1 aromatic carbocycles. The number of guanidine groups is 1. The number of primary amides is 1. The van der Waals surface area contributed by atoms with Crippen LogP contribution in [0.5, 0.6) is 0 Å². The van der Waals surface area contributed by atoms with Crippen molar-refractivity contribution in [3.63, 3.8) is 0 Å². The summed E-state index contributed by atoms with van der Waals surface area (Å²) < 4.78 is 11.0. The predicted octanol–water partition coefficient (Wildman–Crippen LogP) is -1.03. The van der Waals surface area contributed by atoms with Crippen molar-refractivity contribution in [2.75, 3.05) is 103 Å². The number of carboxylic acid groups (broad SMARTS) is 4. The summed E-state index contributed by atoms with van der Waals surface area (Å²) in [5, 5.41) is 93.8. The van der Waals surface area contributed by atoms with Crippen molar-refractivity contribution < 1.29 is 126 Å². The Morgan fingerprint density at radius 1 is 0.559 bits per heavy atom. The third kappa shape index (κ3) is 50.6. The molecule has 3 aliphatic rings. The zero-order valence-electron chi connectivity index (χ0n) is 81.4. The van der Waals surface area contributed by atoms with Crippen LogP contribution in [0.4, 0.5) is 0 Å². The van der Waals surface area contributed by atoms with Crippen molar-refractivity contribution >= 4 is 157 Å². The fourth-order valence-electron chi connectivity index (χ4n) is 16.1. The number of nitrogens with one attached hydrogen (secondary N) is 16. The summed E-state index contributed by atoms with van der Waals surface area (Å²) in [4.78, 5) is 267. The molecule has 0 radical (unpaired) electrons. The van der Waals surface area contributed by atoms with Crippen molar-refractivity contribution in [3.05, 3.63) is 47.8 Å². The highest BCUT2D eigenvalue weighted by molar-refractivity contribution is 8.76. The van der Waals surface area contributed by atoms with Gasteiger partial charge in [0.15, 0.2) is 5.96 Å². The van der Waals surface area contributed by atoms with E-state index in [1.165, 1.54) is 41.4 Å². The largest absolute Gasteiger partial charge is 0.481 e. The number of rotatable bonds is 66. The SMILES string of the molecule is CC(=O)N[C@H]1CCSSCC[C@@H](C(=O)N[C@@H](CO)C(=O)N2CCC[C@H]2C(=O)N[C@@H](CCCCN)C(=O)N[C@@H](CCC(=O)O)C(=O)N[C@@H](CCCCN(CC(=O)O)CC(=O)O)C(=O)N[C@@H](CCCCNC(=O)COCCOCCNC(=O)CCCCCCCCCCCCCCC(=O)O)C(N)=O)NC(=O)[C@H](Cc2c[nH]c3ccccc23)NC(=O)[C@H](CCCNC(=N)N)NC(=O)CNC(=O)[C@H](CC2=CCC=N2)NC1=O. The number of nitrogens with two attached hydrogens (primary N) is 3. The predicted molar refractivity (Wildman–Crippen MR) is 529 cm³/mol. The first-order valence-corrected chi connectivity index (χ1v) is 51.6. The van der Waals surface area contributed by atoms with E-state index in [0.29, 0.717) is 41.5 Å². The van der Waals surface area contributed by atoms with Crippen LogP contribution in [0.1, 0.15) is 224 Å². The standard InChI is InChI=1S/C93H148N22O26S2/c1-59(117)104-69-37-49-142-143-50-38-70(109-90(137)71(51-60-53-102-63-27-15-14-26-62(60)63)111-84(131)65(31-23-42-101-93(96)97)105-76(119)54-103-83(130)72(112-88(69)135)52-61-25-22-41-98-61)89(136)113-73(57-116)92(139)115-45-24-32-74(115)91(138)110-67(29-16-19-39-94)86(133)108-68(35-36-79(123)124)87(134)107-66(30-18-21-44-114(55-80(125)126)56-81(127)128)85(132)106-64(82(95)129)28-17-20-40-99-77(120)58-141-48-47-140-46-43-100-75(118)33-12-10-8-6-4-2-3-5-7-9-11-13-34-78(121)122/h14-15,25-27,41,53,64-74,102,116H,2-13,16-24,28-40,42-52,54-58,94H2,1H3,(H2,95,129)(H,99,120)(H,100,118)(H,103,130)(H,104,117)(H,105,119)(H,106,132)(H,107,134)(H,108,133)(H,109,137)(H,110,138)(H,111,131)(H,112,135)(H,113,136)(H,121,122)(H,123,124)(H,125,126)(H,127,128)(H4,96,97,101)/t64-,65-,66-,67-,68-,69-,70-,71-,72-,73-,74-/m0/s1. The van der Waals surface area contributed by atoms with Gasteiger partial charge in [0.05, 0.1) is 46.1 Å². The molecular formula is C93H148N22O26S2. The second-order valence-corrected chi connectivity index (χ2v) is 38.0. The molecule has 0 bridgehead atoms. The number of H-pyrrole nitrogens is 1. The summed E-state index contributed by atoms with van der Waals surface area (Å²) in [6, 6.07) is -9.69. The maximum atomic E-state index is 15.2. The number of amides is 15. The molecule has 48 nitrogen and oxygen atoms in total. The van der Waals surface area contributed by atoms with Gasteiger partial charge in [-0.15, -0.1) is 0 Å². The third-order valence-electron chi connectivity index (χ3n) is 23.6. The van der Waals surface area contributed by atoms with Crippen molar-refractivity contribution in [2.24, 2.45) is 22.2 Å². The van der Waals surface area contributed by atoms with E-state index in [1.54, 1.807) is 42.8 Å². The number of para-hydroxylation sites is 1. The average Bonchev–Trinajstić information content (AvgIpc) is 1.69. The van der Waals surface area contributed by atoms with E-state index in [0.717, 1.165) is 74.0 Å². The number of likely N-dealkylation sites (tertiary alicyclic amines) is 1. The number of carboxylic acids is 4. The molecule has 11 atom stereocenters. The van der Waals surface area contributed by atoms with Crippen molar-refractivity contribution in [1.29, 1.82) is 5.41 Å². The number of fused-ring (bicyclic) bond motifs is 1. The van der Waals surface area contributed by atoms with Crippen molar-refractivity contribution in [2.45, 2.75) is 292 Å². The monoisotopic (exact) mass is 2050 g/mol. The van der Waals surface area contributed by atoms with Crippen LogP contribution in [0.15, 0.2) is 47.2 Å². The van der Waals surface area contributed by atoms with E-state index in [4.69, 9.17) is 37.2 Å². The van der Waals surface area contributed by atoms with E-state index in [1.807, 2.05) is 0 Å². The first-order valence-electron chi connectivity index (χ1n) is 49.1. The number of carbonyl (C=O) groups is 19. The molecule has 5 rings (SSSR count). The molecular weight excluding hydrogens is 1910 g/mol. The molecule has 3 aliphatic heterocycles. The number of ether oxygens (including phenoxy) is 2. The third-order valence-corrected chi connectivity index (χ3v) is 26.1. The molecule has 0 spiro atoms. The van der Waals surface area contributed by atoms with Crippen LogP contribution in [-0.2, 0) is 107 Å². The molecule has 2 aromatic rings. The van der Waals surface area contributed by atoms with Gasteiger partial charge in [-0.3, -0.25) is 106 Å². The molecule has 4 heterocycles. The number of benzene rings is 1. The van der Waals surface area contributed by atoms with Gasteiger partial charge in [-0.25, -0.2) is 0 Å². The molecule has 1 aromatic heterocycles. The van der Waals surface area contributed by atoms with Crippen molar-refractivity contribution in [3.8, 4) is 0 Å². The number of aromatic nitrogens is 1. The second-order valence-electron chi connectivity index (χ2n) is 35.3. The lowest BCUT2D eigenvalue weighted by Crippen LogP contribution is -2.61. The van der Waals surface area contributed by atoms with Gasteiger partial charge in [0.2, 0.25) is 88.6 Å². The number of nitrogens with zero attached hydrogens (tertiary/aromatic N) is 3. The fourth-order valence-corrected chi connectivity index (χ4v) is 18.3. The van der Waals surface area contributed by atoms with E-state index in [-0.39, 0.29) is 192 Å². The van der Waals surface area contributed by atoms with E-state index < -0.39 is 218 Å². The zero-order valence-corrected chi connectivity index (χ0v) is 83.1. The number of hydrogen-bond donors (Lipinski definition) is 24. The number of aliphatic carboxylic acids is 4. The van der Waals surface area contributed by atoms with E-state index in [2.05, 4.69) is 84.4 Å². The Kier molecular flexibility index (Phi) is 59.2. The minimum Gasteiger partial charge on any atom is -0.481 e. The molecule has 0 saturated carbocycles. The van der Waals surface area contributed by atoms with Crippen molar-refractivity contribution in [1.82, 2.24) is 89.2 Å². The molecule has 0 unspecified atom stereocenters. The molecule has 2 saturated heterocycles. The number of hydrogen-bond acceptors (Lipinski definition) is 28. The van der Waals surface area contributed by atoms with Gasteiger partial charge in [-0.2, -0.15) is 0 Å². The quantitative estimate of drug-likeness (QED) is 0.0163. The Labute approximate surface area is 838 Å². The number of aliphatic hydroxyl groups is 1. The Hall–Kier alpha value is -12.1. The number of aliphatic hydroxyl groups excluding tert-OH is 1. The van der Waals surface area contributed by atoms with Gasteiger partial charge >= 0.3 is 23.9 Å². The fraction of sp³-hybridized carbons (Fsp3) is 0.667. The van der Waals surface area contributed by atoms with Crippen LogP contribution in [0.2, 0.25) is 0 Å². The van der Waals surface area contributed by atoms with E-state index >= 15 is 9.59 Å². The summed E-state index contributed by atoms with van der Waals surface area (Å²) in [6.45, 7) is -1.58. The highest BCUT2D eigenvalue weighted by Gasteiger charge is 2.42. The lowest BCUT2D eigenvalue weighted by Gasteiger charge is -2.30. The number of unbranched alkanes of at least 4 members (excludes halogenated alkanes) is 14. The molecule has 15 amide bonds. The van der Waals surface area contributed by atoms with Gasteiger partial charge in [-0.05, 0) is 140 Å². The highest BCUT2D eigenvalue weighted by Crippen LogP contribution is 2.27. The number of aliphatic imine (C=N–C) groups is 1. The van der Waals surface area contributed by atoms with Gasteiger partial charge < -0.3 is 137 Å². The smallest absolute Gasteiger partial charge is 0.317 e. The lowest BCUT2D eigenvalue weighted by atomic mass is 10.0. The zero-order chi connectivity index (χ0) is 105. The summed E-state index contributed by atoms with van der Waals surface area (Å²) in [5.74, 6) is -17.7. The van der Waals surface area contributed by atoms with E-state index in [9.17, 15) is 102 Å². The Bertz CT molecular complexity index is 4530. The highest BCUT2D eigenvalue weighted by atomic mass is 33.1. The van der Waals surface area contributed by atoms with Crippen LogP contribution in [0.3, 0.4) is 0 Å². The summed E-state index contributed by atoms with van der Waals surface area (Å²) in [6.07, 6.45) is 16.9. The topological polar surface area (TPSA) is 749 Å². The maximum absolute atomic E-state index is 15.2. The molecule has 2 fully saturated rings. The molecule has 143 heavy (non-hydrogen) atoms. The number of carbonyl (C=O) groups excluding carboxylic acids is 15. The van der Waals surface area contributed by atoms with Crippen LogP contribution >= 0.6 is 21.6 Å². The maximum Gasteiger partial charge on any atom is 0.317 e. The normalized spacial score (nSPS) is 18.3. The number of allylic oxidation sites excluding steroid dienone is 1. The van der Waals surface area contributed by atoms with Crippen LogP contribution in [0, 0.1) is 5.41 Å². The summed E-state index contributed by atoms with van der Waals surface area (Å²) in [7, 11) is 2.39. The summed E-state index contributed by atoms with van der Waals surface area (Å²) >= 11 is 0. The molecule has 27 N–H and O–H groups in total. The number of aromatic amines is 1. The molecule has 0 aliphatic carbocycles. The van der Waals surface area contributed by atoms with Crippen LogP contribution in [-0.4, -0.2) is 335 Å². The average molecular weight is 2050 g/mol. The molecule has 798 valence electrons. The second kappa shape index (κ2) is 69.7. The Morgan fingerprint density at radius 3 is 1.75 bits per heavy atom. The Morgan fingerprint density at radius 2 is 1.13 bits per heavy atom. The van der Waals surface area contributed by atoms with Gasteiger partial charge in [0.1, 0.15) is 73.1 Å². The van der Waals surface area contributed by atoms with Crippen LogP contribution < -0.4 is 91.6 Å². The molecule has 50 heteroatoms. The lowest BCUT2D eigenvalue weighted by molar-refractivity contribution is -0.143. The summed E-state index contributed by atoms with van der Waals surface area (Å²) in [5.41, 5.74) is 18.8. The van der Waals surface area contributed by atoms with Gasteiger partial charge in [0, 0.05) is 112 Å². The minimum absolute atomic E-state index is 0.00172.